The molecular weight excluding hydrogens is 320 g/mol. The van der Waals surface area contributed by atoms with Crippen molar-refractivity contribution in [2.45, 2.75) is 23.5 Å². The molecular formula is C16H15BrOS. The lowest BCUT2D eigenvalue weighted by Crippen LogP contribution is -2.16. The number of carbonyl (C=O) groups excluding carboxylic acids is 1. The number of halogens is 1. The van der Waals surface area contributed by atoms with Crippen LogP contribution in [0.5, 0.6) is 0 Å². The van der Waals surface area contributed by atoms with Crippen LogP contribution in [0.25, 0.3) is 0 Å². The highest BCUT2D eigenvalue weighted by atomic mass is 79.9. The van der Waals surface area contributed by atoms with Gasteiger partial charge in [0.05, 0.1) is 5.25 Å². The van der Waals surface area contributed by atoms with E-state index in [0.29, 0.717) is 0 Å². The molecule has 0 saturated carbocycles. The monoisotopic (exact) mass is 334 g/mol. The van der Waals surface area contributed by atoms with Crippen molar-refractivity contribution >= 4 is 33.5 Å². The molecule has 0 aromatic heterocycles. The first kappa shape index (κ1) is 14.4. The molecule has 1 unspecified atom stereocenters. The third kappa shape index (κ3) is 3.95. The fourth-order valence-corrected chi connectivity index (χ4v) is 3.46. The molecule has 0 bridgehead atoms. The maximum absolute atomic E-state index is 12.4. The molecule has 2 rings (SSSR count). The zero-order valence-corrected chi connectivity index (χ0v) is 13.1. The number of carbonyl (C=O) groups is 1. The van der Waals surface area contributed by atoms with Gasteiger partial charge < -0.3 is 0 Å². The van der Waals surface area contributed by atoms with Crippen molar-refractivity contribution in [2.75, 3.05) is 0 Å². The highest BCUT2D eigenvalue weighted by Gasteiger charge is 2.19. The van der Waals surface area contributed by atoms with Gasteiger partial charge in [-0.15, -0.1) is 11.8 Å². The third-order valence-corrected chi connectivity index (χ3v) is 4.65. The summed E-state index contributed by atoms with van der Waals surface area (Å²) in [6.07, 6.45) is 0.824. The molecule has 0 amide bonds. The average Bonchev–Trinajstić information content (AvgIpc) is 2.45. The summed E-state index contributed by atoms with van der Waals surface area (Å²) in [5.74, 6) is 0.202. The second kappa shape index (κ2) is 6.92. The minimum absolute atomic E-state index is 0.0308. The second-order valence-electron chi connectivity index (χ2n) is 4.20. The Bertz CT molecular complexity index is 554. The molecule has 2 aromatic carbocycles. The number of hydrogen-bond donors (Lipinski definition) is 0. The topological polar surface area (TPSA) is 17.1 Å². The molecule has 3 heteroatoms. The van der Waals surface area contributed by atoms with E-state index < -0.39 is 0 Å². The lowest BCUT2D eigenvalue weighted by atomic mass is 10.1. The Morgan fingerprint density at radius 2 is 1.89 bits per heavy atom. The van der Waals surface area contributed by atoms with Gasteiger partial charge in [-0.3, -0.25) is 4.79 Å². The highest BCUT2D eigenvalue weighted by Crippen LogP contribution is 2.29. The smallest absolute Gasteiger partial charge is 0.176 e. The molecule has 2 aromatic rings. The summed E-state index contributed by atoms with van der Waals surface area (Å²) in [6.45, 7) is 2.05. The van der Waals surface area contributed by atoms with Crippen LogP contribution in [0.1, 0.15) is 23.7 Å². The normalized spacial score (nSPS) is 12.1. The van der Waals surface area contributed by atoms with Gasteiger partial charge in [-0.2, -0.15) is 0 Å². The Labute approximate surface area is 126 Å². The van der Waals surface area contributed by atoms with Gasteiger partial charge in [-0.25, -0.2) is 0 Å². The van der Waals surface area contributed by atoms with Crippen molar-refractivity contribution in [3.63, 3.8) is 0 Å². The van der Waals surface area contributed by atoms with Crippen molar-refractivity contribution in [3.8, 4) is 0 Å². The second-order valence-corrected chi connectivity index (χ2v) is 6.39. The van der Waals surface area contributed by atoms with Crippen molar-refractivity contribution < 1.29 is 4.79 Å². The predicted octanol–water partition coefficient (Wildman–Crippen LogP) is 5.20. The van der Waals surface area contributed by atoms with Crippen LogP contribution >= 0.6 is 27.7 Å². The lowest BCUT2D eigenvalue weighted by molar-refractivity contribution is 0.0988. The van der Waals surface area contributed by atoms with Crippen LogP contribution in [0.15, 0.2) is 64.0 Å². The van der Waals surface area contributed by atoms with Gasteiger partial charge in [-0.05, 0) is 24.6 Å². The summed E-state index contributed by atoms with van der Waals surface area (Å²) in [5, 5.41) is -0.0308. The van der Waals surface area contributed by atoms with Crippen LogP contribution < -0.4 is 0 Å². The van der Waals surface area contributed by atoms with Crippen LogP contribution in [0.4, 0.5) is 0 Å². The molecule has 0 aliphatic carbocycles. The van der Waals surface area contributed by atoms with Gasteiger partial charge in [0.25, 0.3) is 0 Å². The molecule has 0 radical (unpaired) electrons. The van der Waals surface area contributed by atoms with Gasteiger partial charge in [-0.1, -0.05) is 59.3 Å². The zero-order valence-electron chi connectivity index (χ0n) is 10.7. The molecule has 0 heterocycles. The van der Waals surface area contributed by atoms with Crippen molar-refractivity contribution in [1.82, 2.24) is 0 Å². The van der Waals surface area contributed by atoms with E-state index in [1.807, 2.05) is 54.6 Å². The average molecular weight is 335 g/mol. The maximum Gasteiger partial charge on any atom is 0.176 e. The van der Waals surface area contributed by atoms with E-state index in [-0.39, 0.29) is 11.0 Å². The number of rotatable bonds is 5. The Balaban J connectivity index is 2.15. The van der Waals surface area contributed by atoms with Crippen LogP contribution in [-0.2, 0) is 0 Å². The van der Waals surface area contributed by atoms with Crippen LogP contribution in [0.2, 0.25) is 0 Å². The highest BCUT2D eigenvalue weighted by molar-refractivity contribution is 9.10. The third-order valence-electron chi connectivity index (χ3n) is 2.80. The minimum Gasteiger partial charge on any atom is -0.293 e. The Kier molecular flexibility index (Phi) is 5.23. The molecule has 0 saturated heterocycles. The molecule has 0 aliphatic rings. The largest absolute Gasteiger partial charge is 0.293 e. The van der Waals surface area contributed by atoms with Crippen molar-refractivity contribution in [1.29, 1.82) is 0 Å². The number of hydrogen-bond acceptors (Lipinski definition) is 2. The summed E-state index contributed by atoms with van der Waals surface area (Å²) in [7, 11) is 0. The molecule has 0 N–H and O–H groups in total. The van der Waals surface area contributed by atoms with Crippen LogP contribution in [0.3, 0.4) is 0 Å². The van der Waals surface area contributed by atoms with Gasteiger partial charge >= 0.3 is 0 Å². The first-order valence-corrected chi connectivity index (χ1v) is 7.89. The first-order chi connectivity index (χ1) is 9.20. The van der Waals surface area contributed by atoms with E-state index >= 15 is 0 Å². The van der Waals surface area contributed by atoms with E-state index in [0.717, 1.165) is 21.4 Å². The SMILES string of the molecule is CCC(Sc1cccc(Br)c1)C(=O)c1ccccc1. The summed E-state index contributed by atoms with van der Waals surface area (Å²) < 4.78 is 1.04. The Hall–Kier alpha value is -1.06. The number of Topliss-reactive ketones (excluding diaryl/α,β-unsaturated/α-hetero) is 1. The van der Waals surface area contributed by atoms with Gasteiger partial charge in [0.2, 0.25) is 0 Å². The molecule has 19 heavy (non-hydrogen) atoms. The van der Waals surface area contributed by atoms with Gasteiger partial charge in [0.1, 0.15) is 0 Å². The van der Waals surface area contributed by atoms with Crippen molar-refractivity contribution in [2.24, 2.45) is 0 Å². The molecule has 1 atom stereocenters. The molecule has 98 valence electrons. The maximum atomic E-state index is 12.4. The van der Waals surface area contributed by atoms with Crippen LogP contribution in [0, 0.1) is 0 Å². The van der Waals surface area contributed by atoms with Crippen molar-refractivity contribution in [3.05, 3.63) is 64.6 Å². The quantitative estimate of drug-likeness (QED) is 0.552. The van der Waals surface area contributed by atoms with E-state index in [2.05, 4.69) is 22.9 Å². The molecule has 1 nitrogen and oxygen atoms in total. The van der Waals surface area contributed by atoms with E-state index in [1.165, 1.54) is 0 Å². The van der Waals surface area contributed by atoms with Crippen LogP contribution in [-0.4, -0.2) is 11.0 Å². The Morgan fingerprint density at radius 3 is 2.53 bits per heavy atom. The minimum atomic E-state index is -0.0308. The molecule has 0 spiro atoms. The number of thioether (sulfide) groups is 1. The number of benzene rings is 2. The number of ketones is 1. The van der Waals surface area contributed by atoms with Gasteiger partial charge in [0.15, 0.2) is 5.78 Å². The predicted molar refractivity (Wildman–Crippen MR) is 84.9 cm³/mol. The fraction of sp³-hybridized carbons (Fsp3) is 0.188. The summed E-state index contributed by atoms with van der Waals surface area (Å²) >= 11 is 5.08. The fourth-order valence-electron chi connectivity index (χ4n) is 1.82. The van der Waals surface area contributed by atoms with E-state index in [1.54, 1.807) is 11.8 Å². The molecule has 0 aliphatic heterocycles. The standard InChI is InChI=1S/C16H15BrOS/c1-2-15(16(18)12-7-4-3-5-8-12)19-14-10-6-9-13(17)11-14/h3-11,15H,2H2,1H3. The summed E-state index contributed by atoms with van der Waals surface area (Å²) in [5.41, 5.74) is 0.789. The molecule has 0 fully saturated rings. The lowest BCUT2D eigenvalue weighted by Gasteiger charge is -2.13. The van der Waals surface area contributed by atoms with E-state index in [4.69, 9.17) is 0 Å². The summed E-state index contributed by atoms with van der Waals surface area (Å²) in [4.78, 5) is 13.5. The summed E-state index contributed by atoms with van der Waals surface area (Å²) in [6, 6.07) is 17.6. The Morgan fingerprint density at radius 1 is 1.16 bits per heavy atom. The van der Waals surface area contributed by atoms with Gasteiger partial charge in [0, 0.05) is 14.9 Å². The first-order valence-electron chi connectivity index (χ1n) is 6.22. The van der Waals surface area contributed by atoms with E-state index in [9.17, 15) is 4.79 Å². The zero-order chi connectivity index (χ0) is 13.7.